The minimum Gasteiger partial charge on any atom is -0.496 e. The van der Waals surface area contributed by atoms with Crippen LogP contribution in [0.5, 0.6) is 5.75 Å². The molecular weight excluding hydrogens is 434 g/mol. The number of halogens is 1. The summed E-state index contributed by atoms with van der Waals surface area (Å²) in [6.07, 6.45) is 0.544. The van der Waals surface area contributed by atoms with Crippen LogP contribution in [0.2, 0.25) is 25.7 Å². The van der Waals surface area contributed by atoms with Gasteiger partial charge in [0.15, 0.2) is 0 Å². The van der Waals surface area contributed by atoms with E-state index in [2.05, 4.69) is 47.7 Å². The third-order valence-electron chi connectivity index (χ3n) is 4.44. The van der Waals surface area contributed by atoms with E-state index in [1.807, 2.05) is 36.4 Å². The van der Waals surface area contributed by atoms with Crippen LogP contribution in [0.4, 0.5) is 4.79 Å². The molecule has 0 heterocycles. The van der Waals surface area contributed by atoms with Gasteiger partial charge >= 0.3 is 6.09 Å². The van der Waals surface area contributed by atoms with Crippen LogP contribution < -0.4 is 4.74 Å². The standard InChI is InChI=1S/C22H30BrNO3Si/c1-26-21-11-10-19(16-20(21)23)17-24(13-12-18-8-6-5-7-9-18)22(25)27-14-15-28(2,3)4/h5-11,16H,12-15,17H2,1-4H3. The number of benzene rings is 2. The van der Waals surface area contributed by atoms with Crippen LogP contribution in [-0.2, 0) is 17.7 Å². The van der Waals surface area contributed by atoms with Gasteiger partial charge < -0.3 is 14.4 Å². The van der Waals surface area contributed by atoms with Gasteiger partial charge in [0.25, 0.3) is 0 Å². The fraction of sp³-hybridized carbons (Fsp3) is 0.409. The van der Waals surface area contributed by atoms with Crippen LogP contribution >= 0.6 is 15.9 Å². The Bertz CT molecular complexity index is 762. The van der Waals surface area contributed by atoms with Gasteiger partial charge in [-0.15, -0.1) is 0 Å². The van der Waals surface area contributed by atoms with E-state index in [9.17, 15) is 4.79 Å². The molecule has 152 valence electrons. The normalized spacial score (nSPS) is 11.2. The molecule has 0 atom stereocenters. The Hall–Kier alpha value is -1.79. The van der Waals surface area contributed by atoms with Gasteiger partial charge in [-0.1, -0.05) is 56.0 Å². The van der Waals surface area contributed by atoms with Crippen molar-refractivity contribution in [1.82, 2.24) is 4.90 Å². The summed E-state index contributed by atoms with van der Waals surface area (Å²) >= 11 is 3.52. The number of ether oxygens (including phenoxy) is 2. The third kappa shape index (κ3) is 7.68. The monoisotopic (exact) mass is 463 g/mol. The van der Waals surface area contributed by atoms with E-state index < -0.39 is 8.07 Å². The van der Waals surface area contributed by atoms with E-state index in [0.717, 1.165) is 28.3 Å². The first-order chi connectivity index (χ1) is 13.3. The zero-order valence-electron chi connectivity index (χ0n) is 17.2. The molecular formula is C22H30BrNO3Si. The third-order valence-corrected chi connectivity index (χ3v) is 6.76. The molecule has 0 spiro atoms. The van der Waals surface area contributed by atoms with Crippen molar-refractivity contribution >= 4 is 30.1 Å². The van der Waals surface area contributed by atoms with Crippen LogP contribution in [0.25, 0.3) is 0 Å². The first-order valence-corrected chi connectivity index (χ1v) is 14.1. The first-order valence-electron chi connectivity index (χ1n) is 9.56. The van der Waals surface area contributed by atoms with Gasteiger partial charge in [-0.05, 0) is 51.7 Å². The molecule has 2 aromatic rings. The average Bonchev–Trinajstić information content (AvgIpc) is 2.65. The second-order valence-electron chi connectivity index (χ2n) is 8.05. The summed E-state index contributed by atoms with van der Waals surface area (Å²) in [6, 6.07) is 17.1. The van der Waals surface area contributed by atoms with E-state index in [0.29, 0.717) is 19.7 Å². The SMILES string of the molecule is COc1ccc(CN(CCc2ccccc2)C(=O)OCC[Si](C)(C)C)cc1Br. The fourth-order valence-electron chi connectivity index (χ4n) is 2.71. The molecule has 0 unspecified atom stereocenters. The van der Waals surface area contributed by atoms with Crippen molar-refractivity contribution in [2.24, 2.45) is 0 Å². The van der Waals surface area contributed by atoms with Gasteiger partial charge in [0.1, 0.15) is 5.75 Å². The van der Waals surface area contributed by atoms with E-state index in [1.54, 1.807) is 12.0 Å². The zero-order chi connectivity index (χ0) is 20.6. The van der Waals surface area contributed by atoms with Crippen LogP contribution in [0.3, 0.4) is 0 Å². The molecule has 0 aliphatic rings. The fourth-order valence-corrected chi connectivity index (χ4v) is 4.01. The lowest BCUT2D eigenvalue weighted by atomic mass is 10.1. The molecule has 0 aliphatic heterocycles. The Morgan fingerprint density at radius 3 is 2.39 bits per heavy atom. The van der Waals surface area contributed by atoms with Crippen LogP contribution in [0, 0.1) is 0 Å². The predicted octanol–water partition coefficient (Wildman–Crippen LogP) is 5.98. The molecule has 4 nitrogen and oxygen atoms in total. The summed E-state index contributed by atoms with van der Waals surface area (Å²) in [7, 11) is 0.403. The van der Waals surface area contributed by atoms with Gasteiger partial charge in [-0.3, -0.25) is 0 Å². The number of methoxy groups -OCH3 is 1. The van der Waals surface area contributed by atoms with Crippen LogP contribution in [0.15, 0.2) is 53.0 Å². The van der Waals surface area contributed by atoms with Crippen molar-refractivity contribution in [2.75, 3.05) is 20.3 Å². The summed E-state index contributed by atoms with van der Waals surface area (Å²) in [5.74, 6) is 0.775. The molecule has 6 heteroatoms. The minimum absolute atomic E-state index is 0.249. The summed E-state index contributed by atoms with van der Waals surface area (Å²) in [6.45, 7) is 8.44. The van der Waals surface area contributed by atoms with Crippen molar-refractivity contribution in [1.29, 1.82) is 0 Å². The maximum Gasteiger partial charge on any atom is 0.410 e. The van der Waals surface area contributed by atoms with E-state index in [1.165, 1.54) is 5.56 Å². The number of carbonyl (C=O) groups excluding carboxylic acids is 1. The van der Waals surface area contributed by atoms with Crippen LogP contribution in [-0.4, -0.2) is 39.3 Å². The smallest absolute Gasteiger partial charge is 0.410 e. The molecule has 1 amide bonds. The predicted molar refractivity (Wildman–Crippen MR) is 121 cm³/mol. The molecule has 0 bridgehead atoms. The maximum absolute atomic E-state index is 12.7. The molecule has 0 radical (unpaired) electrons. The van der Waals surface area contributed by atoms with Crippen molar-refractivity contribution in [3.63, 3.8) is 0 Å². The lowest BCUT2D eigenvalue weighted by Crippen LogP contribution is -2.34. The Labute approximate surface area is 178 Å². The van der Waals surface area contributed by atoms with E-state index in [4.69, 9.17) is 9.47 Å². The van der Waals surface area contributed by atoms with E-state index in [-0.39, 0.29) is 6.09 Å². The highest BCUT2D eigenvalue weighted by atomic mass is 79.9. The summed E-state index contributed by atoms with van der Waals surface area (Å²) in [4.78, 5) is 14.5. The number of amides is 1. The molecule has 28 heavy (non-hydrogen) atoms. The van der Waals surface area contributed by atoms with Gasteiger partial charge in [-0.25, -0.2) is 4.79 Å². The van der Waals surface area contributed by atoms with Crippen molar-refractivity contribution < 1.29 is 14.3 Å². The zero-order valence-corrected chi connectivity index (χ0v) is 19.8. The minimum atomic E-state index is -1.24. The van der Waals surface area contributed by atoms with Crippen molar-refractivity contribution in [3.05, 3.63) is 64.1 Å². The van der Waals surface area contributed by atoms with Crippen molar-refractivity contribution in [2.45, 2.75) is 38.7 Å². The highest BCUT2D eigenvalue weighted by Gasteiger charge is 2.19. The number of carbonyl (C=O) groups is 1. The molecule has 2 rings (SSSR count). The summed E-state index contributed by atoms with van der Waals surface area (Å²) in [5.41, 5.74) is 2.24. The number of hydrogen-bond acceptors (Lipinski definition) is 3. The van der Waals surface area contributed by atoms with Crippen molar-refractivity contribution in [3.8, 4) is 5.75 Å². The summed E-state index contributed by atoms with van der Waals surface area (Å²) in [5, 5.41) is 0. The molecule has 0 saturated heterocycles. The lowest BCUT2D eigenvalue weighted by Gasteiger charge is -2.24. The lowest BCUT2D eigenvalue weighted by molar-refractivity contribution is 0.105. The second kappa shape index (κ2) is 10.7. The Morgan fingerprint density at radius 1 is 1.07 bits per heavy atom. The highest BCUT2D eigenvalue weighted by molar-refractivity contribution is 9.10. The molecule has 0 fully saturated rings. The topological polar surface area (TPSA) is 38.8 Å². The average molecular weight is 464 g/mol. The molecule has 0 aliphatic carbocycles. The maximum atomic E-state index is 12.7. The largest absolute Gasteiger partial charge is 0.496 e. The molecule has 0 aromatic heterocycles. The quantitative estimate of drug-likeness (QED) is 0.429. The molecule has 0 saturated carbocycles. The first kappa shape index (κ1) is 22.5. The van der Waals surface area contributed by atoms with E-state index >= 15 is 0 Å². The van der Waals surface area contributed by atoms with Gasteiger partial charge in [-0.2, -0.15) is 0 Å². The Kier molecular flexibility index (Phi) is 8.57. The highest BCUT2D eigenvalue weighted by Crippen LogP contribution is 2.26. The van der Waals surface area contributed by atoms with Gasteiger partial charge in [0.2, 0.25) is 0 Å². The summed E-state index contributed by atoms with van der Waals surface area (Å²) < 4.78 is 11.8. The Balaban J connectivity index is 2.06. The number of rotatable bonds is 9. The van der Waals surface area contributed by atoms with Gasteiger partial charge in [0.05, 0.1) is 18.2 Å². The number of nitrogens with zero attached hydrogens (tertiary/aromatic N) is 1. The van der Waals surface area contributed by atoms with Crippen LogP contribution in [0.1, 0.15) is 11.1 Å². The van der Waals surface area contributed by atoms with Gasteiger partial charge in [0, 0.05) is 21.2 Å². The second-order valence-corrected chi connectivity index (χ2v) is 14.5. The molecule has 0 N–H and O–H groups in total. The number of hydrogen-bond donors (Lipinski definition) is 0. The molecule has 2 aromatic carbocycles. The Morgan fingerprint density at radius 2 is 1.79 bits per heavy atom.